The fourth-order valence-electron chi connectivity index (χ4n) is 2.31. The van der Waals surface area contributed by atoms with Crippen molar-refractivity contribution in [1.82, 2.24) is 10.2 Å². The van der Waals surface area contributed by atoms with Gasteiger partial charge in [-0.1, -0.05) is 24.3 Å². The van der Waals surface area contributed by atoms with Crippen LogP contribution in [0, 0.1) is 11.6 Å². The third kappa shape index (κ3) is 4.62. The molecule has 0 saturated heterocycles. The van der Waals surface area contributed by atoms with Gasteiger partial charge in [-0.05, 0) is 43.4 Å². The molecule has 0 radical (unpaired) electrons. The largest absolute Gasteiger partial charge is 0.316 e. The van der Waals surface area contributed by atoms with Crippen molar-refractivity contribution in [3.8, 4) is 0 Å². The van der Waals surface area contributed by atoms with E-state index >= 15 is 0 Å². The fourth-order valence-corrected chi connectivity index (χ4v) is 2.31. The van der Waals surface area contributed by atoms with Crippen LogP contribution in [0.15, 0.2) is 42.5 Å². The quantitative estimate of drug-likeness (QED) is 0.878. The first-order chi connectivity index (χ1) is 10.1. The Labute approximate surface area is 124 Å². The van der Waals surface area contributed by atoms with Crippen molar-refractivity contribution in [2.75, 3.05) is 14.1 Å². The second kappa shape index (κ2) is 7.29. The average Bonchev–Trinajstić information content (AvgIpc) is 2.45. The second-order valence-electron chi connectivity index (χ2n) is 5.25. The normalized spacial score (nSPS) is 11.1. The summed E-state index contributed by atoms with van der Waals surface area (Å²) in [5.74, 6) is -0.437. The van der Waals surface area contributed by atoms with Gasteiger partial charge in [0.05, 0.1) is 0 Å². The highest BCUT2D eigenvalue weighted by atomic mass is 19.1. The van der Waals surface area contributed by atoms with E-state index in [0.717, 1.165) is 17.7 Å². The Hall–Kier alpha value is -1.78. The van der Waals surface area contributed by atoms with Crippen LogP contribution in [0.25, 0.3) is 0 Å². The van der Waals surface area contributed by atoms with Crippen LogP contribution in [-0.4, -0.2) is 19.0 Å². The molecule has 112 valence electrons. The zero-order valence-electron chi connectivity index (χ0n) is 12.4. The predicted octanol–water partition coefficient (Wildman–Crippen LogP) is 3.32. The maximum Gasteiger partial charge on any atom is 0.127 e. The zero-order chi connectivity index (χ0) is 15.2. The molecule has 2 rings (SSSR count). The minimum Gasteiger partial charge on any atom is -0.316 e. The lowest BCUT2D eigenvalue weighted by molar-refractivity contribution is 0.313. The van der Waals surface area contributed by atoms with Gasteiger partial charge in [0.15, 0.2) is 0 Å². The predicted molar refractivity (Wildman–Crippen MR) is 80.7 cm³/mol. The third-order valence-electron chi connectivity index (χ3n) is 3.30. The van der Waals surface area contributed by atoms with Gasteiger partial charge in [-0.2, -0.15) is 0 Å². The van der Waals surface area contributed by atoms with Crippen LogP contribution < -0.4 is 5.32 Å². The van der Waals surface area contributed by atoms with Gasteiger partial charge in [-0.3, -0.25) is 4.90 Å². The number of hydrogen-bond acceptors (Lipinski definition) is 2. The number of nitrogens with zero attached hydrogens (tertiary/aromatic N) is 1. The molecule has 0 amide bonds. The van der Waals surface area contributed by atoms with Gasteiger partial charge in [-0.15, -0.1) is 0 Å². The summed E-state index contributed by atoms with van der Waals surface area (Å²) in [4.78, 5) is 2.01. The molecule has 0 fully saturated rings. The molecule has 0 aromatic heterocycles. The van der Waals surface area contributed by atoms with Crippen LogP contribution >= 0.6 is 0 Å². The molecule has 21 heavy (non-hydrogen) atoms. The van der Waals surface area contributed by atoms with Crippen LogP contribution in [0.4, 0.5) is 8.78 Å². The van der Waals surface area contributed by atoms with Gasteiger partial charge in [-0.25, -0.2) is 8.78 Å². The summed E-state index contributed by atoms with van der Waals surface area (Å²) in [5, 5.41) is 3.06. The minimum absolute atomic E-state index is 0.194. The van der Waals surface area contributed by atoms with Crippen molar-refractivity contribution in [3.63, 3.8) is 0 Å². The maximum absolute atomic E-state index is 13.9. The molecule has 0 aliphatic rings. The van der Waals surface area contributed by atoms with E-state index in [1.54, 1.807) is 18.2 Å². The molecule has 0 spiro atoms. The molecular formula is C17H20F2N2. The number of benzene rings is 2. The first kappa shape index (κ1) is 15.6. The highest BCUT2D eigenvalue weighted by molar-refractivity contribution is 5.25. The van der Waals surface area contributed by atoms with E-state index in [1.807, 2.05) is 25.1 Å². The molecule has 0 aliphatic carbocycles. The van der Waals surface area contributed by atoms with Crippen molar-refractivity contribution in [1.29, 1.82) is 0 Å². The number of nitrogens with one attached hydrogen (secondary N) is 1. The number of rotatable bonds is 6. The molecule has 0 heterocycles. The van der Waals surface area contributed by atoms with Crippen molar-refractivity contribution in [3.05, 3.63) is 70.8 Å². The van der Waals surface area contributed by atoms with Gasteiger partial charge in [0, 0.05) is 25.2 Å². The van der Waals surface area contributed by atoms with Gasteiger partial charge >= 0.3 is 0 Å². The summed E-state index contributed by atoms with van der Waals surface area (Å²) in [6, 6.07) is 11.6. The van der Waals surface area contributed by atoms with Crippen LogP contribution in [0.1, 0.15) is 16.7 Å². The second-order valence-corrected chi connectivity index (χ2v) is 5.25. The van der Waals surface area contributed by atoms with E-state index in [9.17, 15) is 8.78 Å². The van der Waals surface area contributed by atoms with E-state index in [4.69, 9.17) is 0 Å². The SMILES string of the molecule is CNCc1ccc(F)c(CN(C)Cc2ccc(F)cc2)c1. The molecule has 0 bridgehead atoms. The summed E-state index contributed by atoms with van der Waals surface area (Å²) in [6.07, 6.45) is 0. The van der Waals surface area contributed by atoms with Crippen molar-refractivity contribution in [2.45, 2.75) is 19.6 Å². The Morgan fingerprint density at radius 1 is 0.952 bits per heavy atom. The smallest absolute Gasteiger partial charge is 0.127 e. The van der Waals surface area contributed by atoms with Crippen molar-refractivity contribution >= 4 is 0 Å². The Kier molecular flexibility index (Phi) is 5.42. The summed E-state index contributed by atoms with van der Waals surface area (Å²) >= 11 is 0. The van der Waals surface area contributed by atoms with E-state index < -0.39 is 0 Å². The van der Waals surface area contributed by atoms with Gasteiger partial charge in [0.25, 0.3) is 0 Å². The highest BCUT2D eigenvalue weighted by Gasteiger charge is 2.08. The Morgan fingerprint density at radius 3 is 2.29 bits per heavy atom. The maximum atomic E-state index is 13.9. The van der Waals surface area contributed by atoms with Crippen LogP contribution in [-0.2, 0) is 19.6 Å². The molecule has 2 nitrogen and oxygen atoms in total. The van der Waals surface area contributed by atoms with Gasteiger partial charge < -0.3 is 5.32 Å². The lowest BCUT2D eigenvalue weighted by Crippen LogP contribution is -2.18. The van der Waals surface area contributed by atoms with E-state index in [1.165, 1.54) is 18.2 Å². The summed E-state index contributed by atoms with van der Waals surface area (Å²) in [6.45, 7) is 1.88. The molecule has 2 aromatic carbocycles. The fraction of sp³-hybridized carbons (Fsp3) is 0.294. The lowest BCUT2D eigenvalue weighted by Gasteiger charge is -2.18. The van der Waals surface area contributed by atoms with Gasteiger partial charge in [0.1, 0.15) is 11.6 Å². The molecule has 0 aliphatic heterocycles. The Bertz CT molecular complexity index is 582. The first-order valence-corrected chi connectivity index (χ1v) is 6.93. The highest BCUT2D eigenvalue weighted by Crippen LogP contribution is 2.14. The van der Waals surface area contributed by atoms with Crippen LogP contribution in [0.2, 0.25) is 0 Å². The van der Waals surface area contributed by atoms with E-state index in [-0.39, 0.29) is 11.6 Å². The van der Waals surface area contributed by atoms with Gasteiger partial charge in [0.2, 0.25) is 0 Å². The molecule has 4 heteroatoms. The van der Waals surface area contributed by atoms with Crippen LogP contribution in [0.5, 0.6) is 0 Å². The molecule has 0 atom stereocenters. The molecular weight excluding hydrogens is 270 g/mol. The third-order valence-corrected chi connectivity index (χ3v) is 3.30. The Morgan fingerprint density at radius 2 is 1.62 bits per heavy atom. The van der Waals surface area contributed by atoms with Crippen molar-refractivity contribution < 1.29 is 8.78 Å². The topological polar surface area (TPSA) is 15.3 Å². The van der Waals surface area contributed by atoms with E-state index in [2.05, 4.69) is 5.32 Å². The number of hydrogen-bond donors (Lipinski definition) is 1. The molecule has 1 N–H and O–H groups in total. The number of halogens is 2. The Balaban J connectivity index is 2.03. The minimum atomic E-state index is -0.243. The summed E-state index contributed by atoms with van der Waals surface area (Å²) in [7, 11) is 3.79. The molecule has 0 saturated carbocycles. The van der Waals surface area contributed by atoms with Crippen LogP contribution in [0.3, 0.4) is 0 Å². The lowest BCUT2D eigenvalue weighted by atomic mass is 10.1. The first-order valence-electron chi connectivity index (χ1n) is 6.93. The molecule has 2 aromatic rings. The zero-order valence-corrected chi connectivity index (χ0v) is 12.4. The molecule has 0 unspecified atom stereocenters. The summed E-state index contributed by atoms with van der Waals surface area (Å²) < 4.78 is 26.7. The van der Waals surface area contributed by atoms with Crippen molar-refractivity contribution in [2.24, 2.45) is 0 Å². The van der Waals surface area contributed by atoms with E-state index in [0.29, 0.717) is 18.7 Å². The summed E-state index contributed by atoms with van der Waals surface area (Å²) in [5.41, 5.74) is 2.74. The standard InChI is InChI=1S/C17H20F2N2/c1-20-10-14-5-8-17(19)15(9-14)12-21(2)11-13-3-6-16(18)7-4-13/h3-9,20H,10-12H2,1-2H3. The monoisotopic (exact) mass is 290 g/mol. The average molecular weight is 290 g/mol.